The van der Waals surface area contributed by atoms with E-state index in [1.165, 1.54) is 18.0 Å². The van der Waals surface area contributed by atoms with E-state index in [0.29, 0.717) is 23.2 Å². The molecule has 0 radical (unpaired) electrons. The number of anilines is 1. The number of hydrogen-bond donors (Lipinski definition) is 1. The number of nitrogens with zero attached hydrogens (tertiary/aromatic N) is 2. The summed E-state index contributed by atoms with van der Waals surface area (Å²) in [4.78, 5) is 53.3. The minimum Gasteiger partial charge on any atom is -0.508 e. The van der Waals surface area contributed by atoms with Gasteiger partial charge in [-0.1, -0.05) is 42.8 Å². The number of phenols is 1. The predicted octanol–water partition coefficient (Wildman–Crippen LogP) is 4.46. The fourth-order valence-electron chi connectivity index (χ4n) is 7.11. The van der Waals surface area contributed by atoms with Crippen LogP contribution in [-0.4, -0.2) is 50.4 Å². The van der Waals surface area contributed by atoms with E-state index < -0.39 is 45.2 Å². The Morgan fingerprint density at radius 3 is 2.31 bits per heavy atom. The third kappa shape index (κ3) is 3.29. The van der Waals surface area contributed by atoms with E-state index >= 15 is 0 Å². The van der Waals surface area contributed by atoms with Crippen molar-refractivity contribution >= 4 is 52.5 Å². The van der Waals surface area contributed by atoms with Crippen molar-refractivity contribution < 1.29 is 24.3 Å². The molecule has 0 unspecified atom stereocenters. The third-order valence-corrected chi connectivity index (χ3v) is 10.6. The van der Waals surface area contributed by atoms with Crippen LogP contribution in [0.2, 0.25) is 0 Å². The number of rotatable bonds is 3. The highest BCUT2D eigenvalue weighted by atomic mass is 35.5. The van der Waals surface area contributed by atoms with Gasteiger partial charge in [-0.25, -0.2) is 0 Å². The second kappa shape index (κ2) is 8.67. The van der Waals surface area contributed by atoms with Gasteiger partial charge in [-0.2, -0.15) is 0 Å². The molecule has 0 bridgehead atoms. The van der Waals surface area contributed by atoms with Crippen LogP contribution in [0.25, 0.3) is 0 Å². The van der Waals surface area contributed by atoms with Gasteiger partial charge in [0, 0.05) is 13.0 Å². The summed E-state index contributed by atoms with van der Waals surface area (Å²) >= 11 is 14.3. The molecular weight excluding hydrogens is 539 g/mol. The molecule has 2 saturated heterocycles. The normalized spacial score (nSPS) is 33.7. The van der Waals surface area contributed by atoms with Gasteiger partial charge >= 0.3 is 0 Å². The van der Waals surface area contributed by atoms with Crippen molar-refractivity contribution in [3.05, 3.63) is 70.8 Å². The summed E-state index contributed by atoms with van der Waals surface area (Å²) in [5.41, 5.74) is 3.52. The van der Waals surface area contributed by atoms with Crippen LogP contribution < -0.4 is 4.90 Å². The monoisotopic (exact) mass is 566 g/mol. The van der Waals surface area contributed by atoms with Gasteiger partial charge in [0.2, 0.25) is 11.8 Å². The fourth-order valence-corrected chi connectivity index (χ4v) is 8.13. The molecule has 2 aromatic rings. The van der Waals surface area contributed by atoms with Crippen molar-refractivity contribution in [1.82, 2.24) is 4.90 Å². The maximum absolute atomic E-state index is 14.0. The van der Waals surface area contributed by atoms with Crippen LogP contribution in [0.3, 0.4) is 0 Å². The van der Waals surface area contributed by atoms with Gasteiger partial charge in [0.25, 0.3) is 11.8 Å². The standard InChI is InChI=1S/C30H28Cl2N2O5/c1-4-16-5-8-18(9-6-16)34-25(36)20-11-10-19-21(23(20)26(34)37)14-29(31)27(38)33(3)28(39)30(29,32)24(19)17-7-12-22(35)15(2)13-17/h5-10,12-13,20-21,23-24,35H,4,11,14H2,1-3H3/t20-,21+,23-,24-,29+,30-/m0/s1. The Morgan fingerprint density at radius 2 is 1.67 bits per heavy atom. The molecule has 1 saturated carbocycles. The molecule has 7 nitrogen and oxygen atoms in total. The van der Waals surface area contributed by atoms with Gasteiger partial charge < -0.3 is 5.11 Å². The molecule has 9 heteroatoms. The molecule has 4 aliphatic rings. The van der Waals surface area contributed by atoms with Crippen LogP contribution >= 0.6 is 23.2 Å². The minimum absolute atomic E-state index is 0.0465. The summed E-state index contributed by atoms with van der Waals surface area (Å²) in [6.07, 6.45) is 3.00. The molecule has 2 aliphatic carbocycles. The summed E-state index contributed by atoms with van der Waals surface area (Å²) in [6.45, 7) is 3.76. The van der Waals surface area contributed by atoms with Gasteiger partial charge in [0.05, 0.1) is 17.5 Å². The van der Waals surface area contributed by atoms with Crippen molar-refractivity contribution in [2.75, 3.05) is 11.9 Å². The Labute approximate surface area is 236 Å². The first-order chi connectivity index (χ1) is 18.5. The van der Waals surface area contributed by atoms with Crippen molar-refractivity contribution in [3.63, 3.8) is 0 Å². The van der Waals surface area contributed by atoms with Gasteiger partial charge in [-0.05, 0) is 67.0 Å². The number of carbonyl (C=O) groups is 4. The summed E-state index contributed by atoms with van der Waals surface area (Å²) < 4.78 is 0. The number of alkyl halides is 2. The first kappa shape index (κ1) is 26.1. The lowest BCUT2D eigenvalue weighted by atomic mass is 9.56. The fraction of sp³-hybridized carbons (Fsp3) is 0.400. The van der Waals surface area contributed by atoms with Crippen molar-refractivity contribution in [1.29, 1.82) is 0 Å². The average Bonchev–Trinajstić information content (AvgIpc) is 3.25. The predicted molar refractivity (Wildman–Crippen MR) is 147 cm³/mol. The summed E-state index contributed by atoms with van der Waals surface area (Å²) in [5, 5.41) is 10.2. The quantitative estimate of drug-likeness (QED) is 0.336. The Hall–Kier alpha value is -3.16. The molecule has 0 aromatic heterocycles. The second-order valence-corrected chi connectivity index (χ2v) is 12.3. The molecule has 2 heterocycles. The van der Waals surface area contributed by atoms with E-state index in [0.717, 1.165) is 22.5 Å². The van der Waals surface area contributed by atoms with E-state index in [9.17, 15) is 24.3 Å². The number of halogens is 2. The number of amides is 4. The topological polar surface area (TPSA) is 95.0 Å². The number of fused-ring (bicyclic) bond motifs is 4. The van der Waals surface area contributed by atoms with Gasteiger partial charge in [-0.15, -0.1) is 23.2 Å². The molecular formula is C30H28Cl2N2O5. The average molecular weight is 567 g/mol. The van der Waals surface area contributed by atoms with Crippen LogP contribution in [0, 0.1) is 24.7 Å². The van der Waals surface area contributed by atoms with E-state index in [1.807, 2.05) is 25.1 Å². The Morgan fingerprint density at radius 1 is 0.974 bits per heavy atom. The maximum Gasteiger partial charge on any atom is 0.253 e. The molecule has 202 valence electrons. The van der Waals surface area contributed by atoms with Crippen molar-refractivity contribution in [3.8, 4) is 5.75 Å². The van der Waals surface area contributed by atoms with E-state index in [4.69, 9.17) is 23.2 Å². The molecule has 2 aromatic carbocycles. The number of allylic oxidation sites excluding steroid dienone is 2. The van der Waals surface area contributed by atoms with Gasteiger partial charge in [0.1, 0.15) is 5.75 Å². The lowest BCUT2D eigenvalue weighted by Gasteiger charge is -2.50. The number of aromatic hydroxyl groups is 1. The van der Waals surface area contributed by atoms with Crippen LogP contribution in [0.5, 0.6) is 5.75 Å². The maximum atomic E-state index is 14.0. The molecule has 3 fully saturated rings. The van der Waals surface area contributed by atoms with E-state index in [1.54, 1.807) is 31.2 Å². The first-order valence-corrected chi connectivity index (χ1v) is 13.9. The minimum atomic E-state index is -1.83. The zero-order chi connectivity index (χ0) is 28.0. The zero-order valence-corrected chi connectivity index (χ0v) is 23.3. The Kier molecular flexibility index (Phi) is 5.80. The summed E-state index contributed by atoms with van der Waals surface area (Å²) in [7, 11) is 1.36. The zero-order valence-electron chi connectivity index (χ0n) is 21.8. The van der Waals surface area contributed by atoms with Gasteiger partial charge in [0.15, 0.2) is 9.75 Å². The number of imide groups is 2. The number of phenolic OH excluding ortho intramolecular Hbond substituents is 1. The van der Waals surface area contributed by atoms with Crippen LogP contribution in [0.1, 0.15) is 42.4 Å². The second-order valence-electron chi connectivity index (χ2n) is 11.1. The van der Waals surface area contributed by atoms with Crippen LogP contribution in [-0.2, 0) is 25.6 Å². The van der Waals surface area contributed by atoms with E-state index in [-0.39, 0.29) is 24.0 Å². The third-order valence-electron chi connectivity index (χ3n) is 9.17. The van der Waals surface area contributed by atoms with Crippen molar-refractivity contribution in [2.45, 2.75) is 48.8 Å². The van der Waals surface area contributed by atoms with E-state index in [2.05, 4.69) is 0 Å². The Bertz CT molecular complexity index is 1490. The van der Waals surface area contributed by atoms with Crippen molar-refractivity contribution in [2.24, 2.45) is 17.8 Å². The SMILES string of the molecule is CCc1ccc(N2C(=O)[C@H]3[C@H](CC=C4[C@H]3C[C@@]3(Cl)C(=O)N(C)C(=O)[C@@]3(Cl)[C@H]4c3ccc(O)c(C)c3)C2=O)cc1. The number of benzene rings is 2. The number of carbonyl (C=O) groups excluding carboxylic acids is 4. The molecule has 6 rings (SSSR count). The summed E-state index contributed by atoms with van der Waals surface area (Å²) in [5.74, 6) is -4.51. The van der Waals surface area contributed by atoms with Crippen LogP contribution in [0.4, 0.5) is 5.69 Å². The number of likely N-dealkylation sites (tertiary alicyclic amines) is 1. The smallest absolute Gasteiger partial charge is 0.253 e. The highest BCUT2D eigenvalue weighted by molar-refractivity contribution is 6.53. The lowest BCUT2D eigenvalue weighted by Crippen LogP contribution is -2.60. The molecule has 4 amide bonds. The molecule has 6 atom stereocenters. The largest absolute Gasteiger partial charge is 0.508 e. The van der Waals surface area contributed by atoms with Crippen LogP contribution in [0.15, 0.2) is 54.1 Å². The number of aryl methyl sites for hydroxylation is 2. The summed E-state index contributed by atoms with van der Waals surface area (Å²) in [6, 6.07) is 12.3. The lowest BCUT2D eigenvalue weighted by molar-refractivity contribution is -0.138. The molecule has 2 aliphatic heterocycles. The first-order valence-electron chi connectivity index (χ1n) is 13.1. The Balaban J connectivity index is 1.49. The molecule has 39 heavy (non-hydrogen) atoms. The number of hydrogen-bond acceptors (Lipinski definition) is 5. The van der Waals surface area contributed by atoms with Gasteiger partial charge in [-0.3, -0.25) is 29.0 Å². The molecule has 0 spiro atoms. The highest BCUT2D eigenvalue weighted by Gasteiger charge is 2.75. The highest BCUT2D eigenvalue weighted by Crippen LogP contribution is 2.65. The molecule has 1 N–H and O–H groups in total.